The molecule has 1 fully saturated rings. The molecule has 0 radical (unpaired) electrons. The summed E-state index contributed by atoms with van der Waals surface area (Å²) in [6.07, 6.45) is 0.0884. The smallest absolute Gasteiger partial charge is 0.387 e. The van der Waals surface area contributed by atoms with Gasteiger partial charge in [-0.2, -0.15) is 8.78 Å². The molecule has 6 nitrogen and oxygen atoms in total. The van der Waals surface area contributed by atoms with Crippen molar-refractivity contribution in [3.8, 4) is 5.75 Å². The van der Waals surface area contributed by atoms with Crippen molar-refractivity contribution in [1.29, 1.82) is 0 Å². The number of urea groups is 1. The Kier molecular flexibility index (Phi) is 5.49. The van der Waals surface area contributed by atoms with Gasteiger partial charge in [-0.05, 0) is 42.5 Å². The molecule has 1 unspecified atom stereocenters. The molecule has 2 aromatic carbocycles. The molecule has 2 N–H and O–H groups in total. The van der Waals surface area contributed by atoms with E-state index in [4.69, 9.17) is 0 Å². The molecule has 1 saturated heterocycles. The third-order valence-corrected chi connectivity index (χ3v) is 3.92. The molecule has 142 valence electrons. The van der Waals surface area contributed by atoms with Crippen LogP contribution in [-0.2, 0) is 4.79 Å². The van der Waals surface area contributed by atoms with E-state index in [9.17, 15) is 22.8 Å². The molecule has 0 aliphatic carbocycles. The zero-order valence-electron chi connectivity index (χ0n) is 14.0. The monoisotopic (exact) mass is 379 g/mol. The topological polar surface area (TPSA) is 70.7 Å². The van der Waals surface area contributed by atoms with Crippen LogP contribution in [0.25, 0.3) is 0 Å². The predicted molar refractivity (Wildman–Crippen MR) is 92.4 cm³/mol. The van der Waals surface area contributed by atoms with Gasteiger partial charge in [0.25, 0.3) is 0 Å². The Balaban J connectivity index is 1.55. The van der Waals surface area contributed by atoms with Crippen molar-refractivity contribution in [3.05, 3.63) is 54.3 Å². The van der Waals surface area contributed by atoms with Crippen molar-refractivity contribution in [3.63, 3.8) is 0 Å². The summed E-state index contributed by atoms with van der Waals surface area (Å²) in [5, 5.41) is 5.21. The Bertz CT molecular complexity index is 830. The van der Waals surface area contributed by atoms with Crippen LogP contribution in [0.5, 0.6) is 5.75 Å². The van der Waals surface area contributed by atoms with Gasteiger partial charge in [0.15, 0.2) is 0 Å². The second kappa shape index (κ2) is 7.98. The highest BCUT2D eigenvalue weighted by molar-refractivity contribution is 5.97. The summed E-state index contributed by atoms with van der Waals surface area (Å²) in [6.45, 7) is -2.70. The van der Waals surface area contributed by atoms with Gasteiger partial charge in [-0.1, -0.05) is 6.07 Å². The fourth-order valence-electron chi connectivity index (χ4n) is 2.77. The minimum Gasteiger partial charge on any atom is -0.435 e. The molecule has 0 spiro atoms. The number of carbonyl (C=O) groups excluding carboxylic acids is 2. The SMILES string of the molecule is O=C(Nc1ccc(OC(F)F)cc1)NC1CC(=O)N(c2cccc(F)c2)C1. The van der Waals surface area contributed by atoms with Gasteiger partial charge >= 0.3 is 12.6 Å². The standard InChI is InChI=1S/C18H16F3N3O3/c19-11-2-1-3-14(8-11)24-10-13(9-16(24)25)23-18(26)22-12-4-6-15(7-5-12)27-17(20)21/h1-8,13,17H,9-10H2,(H2,22,23,26). The van der Waals surface area contributed by atoms with E-state index in [2.05, 4.69) is 15.4 Å². The zero-order valence-corrected chi connectivity index (χ0v) is 14.0. The summed E-state index contributed by atoms with van der Waals surface area (Å²) in [6, 6.07) is 10.1. The minimum atomic E-state index is -2.92. The highest BCUT2D eigenvalue weighted by atomic mass is 19.3. The number of ether oxygens (including phenoxy) is 1. The Morgan fingerprint density at radius 1 is 1.19 bits per heavy atom. The van der Waals surface area contributed by atoms with Crippen LogP contribution in [0, 0.1) is 5.82 Å². The lowest BCUT2D eigenvalue weighted by Crippen LogP contribution is -2.39. The zero-order chi connectivity index (χ0) is 19.4. The van der Waals surface area contributed by atoms with Gasteiger partial charge in [0.2, 0.25) is 5.91 Å². The van der Waals surface area contributed by atoms with E-state index in [0.29, 0.717) is 11.4 Å². The van der Waals surface area contributed by atoms with Gasteiger partial charge in [-0.3, -0.25) is 4.79 Å². The summed E-state index contributed by atoms with van der Waals surface area (Å²) in [5.41, 5.74) is 0.805. The highest BCUT2D eigenvalue weighted by Crippen LogP contribution is 2.22. The number of hydrogen-bond acceptors (Lipinski definition) is 3. The maximum absolute atomic E-state index is 13.3. The molecule has 0 bridgehead atoms. The first-order chi connectivity index (χ1) is 12.9. The normalized spacial score (nSPS) is 16.5. The Morgan fingerprint density at radius 3 is 2.59 bits per heavy atom. The van der Waals surface area contributed by atoms with Crippen LogP contribution in [-0.4, -0.2) is 31.1 Å². The van der Waals surface area contributed by atoms with Crippen molar-refractivity contribution in [1.82, 2.24) is 5.32 Å². The summed E-state index contributed by atoms with van der Waals surface area (Å²) >= 11 is 0. The highest BCUT2D eigenvalue weighted by Gasteiger charge is 2.31. The van der Waals surface area contributed by atoms with Crippen LogP contribution in [0.15, 0.2) is 48.5 Å². The van der Waals surface area contributed by atoms with Gasteiger partial charge in [0.1, 0.15) is 11.6 Å². The molecule has 0 aromatic heterocycles. The van der Waals surface area contributed by atoms with Crippen molar-refractivity contribution in [2.45, 2.75) is 19.1 Å². The summed E-state index contributed by atoms with van der Waals surface area (Å²) in [4.78, 5) is 25.6. The molecule has 0 saturated carbocycles. The van der Waals surface area contributed by atoms with E-state index in [1.54, 1.807) is 6.07 Å². The van der Waals surface area contributed by atoms with E-state index in [-0.39, 0.29) is 24.6 Å². The molecule has 9 heteroatoms. The van der Waals surface area contributed by atoms with Crippen LogP contribution < -0.4 is 20.3 Å². The lowest BCUT2D eigenvalue weighted by Gasteiger charge is -2.17. The molecule has 1 atom stereocenters. The van der Waals surface area contributed by atoms with Crippen LogP contribution >= 0.6 is 0 Å². The molecule has 1 heterocycles. The molecule has 27 heavy (non-hydrogen) atoms. The number of nitrogens with zero attached hydrogens (tertiary/aromatic N) is 1. The summed E-state index contributed by atoms with van der Waals surface area (Å²) < 4.78 is 41.8. The quantitative estimate of drug-likeness (QED) is 0.837. The number of benzene rings is 2. The maximum Gasteiger partial charge on any atom is 0.387 e. The van der Waals surface area contributed by atoms with E-state index >= 15 is 0 Å². The molecular weight excluding hydrogens is 363 g/mol. The van der Waals surface area contributed by atoms with Gasteiger partial charge in [-0.15, -0.1) is 0 Å². The predicted octanol–water partition coefficient (Wildman–Crippen LogP) is 3.35. The van der Waals surface area contributed by atoms with Crippen LogP contribution in [0.3, 0.4) is 0 Å². The average Bonchev–Trinajstić information content (AvgIpc) is 2.96. The molecule has 3 amide bonds. The number of anilines is 2. The van der Waals surface area contributed by atoms with E-state index in [1.807, 2.05) is 0 Å². The first-order valence-electron chi connectivity index (χ1n) is 8.09. The molecule has 1 aliphatic heterocycles. The van der Waals surface area contributed by atoms with Crippen molar-refractivity contribution < 1.29 is 27.5 Å². The lowest BCUT2D eigenvalue weighted by atomic mass is 10.2. The van der Waals surface area contributed by atoms with E-state index in [0.717, 1.165) is 0 Å². The number of nitrogens with one attached hydrogen (secondary N) is 2. The second-order valence-corrected chi connectivity index (χ2v) is 5.89. The van der Waals surface area contributed by atoms with Gasteiger partial charge in [0.05, 0.1) is 6.04 Å². The molecule has 1 aliphatic rings. The van der Waals surface area contributed by atoms with Gasteiger partial charge < -0.3 is 20.3 Å². The van der Waals surface area contributed by atoms with E-state index < -0.39 is 24.5 Å². The van der Waals surface area contributed by atoms with Crippen LogP contribution in [0.2, 0.25) is 0 Å². The number of hydrogen-bond donors (Lipinski definition) is 2. The summed E-state index contributed by atoms with van der Waals surface area (Å²) in [5.74, 6) is -0.698. The number of amides is 3. The number of carbonyl (C=O) groups is 2. The molecule has 3 rings (SSSR count). The molecule has 2 aromatic rings. The van der Waals surface area contributed by atoms with Crippen molar-refractivity contribution >= 4 is 23.3 Å². The Labute approximate surface area is 152 Å². The fraction of sp³-hybridized carbons (Fsp3) is 0.222. The maximum atomic E-state index is 13.3. The molecular formula is C18H16F3N3O3. The second-order valence-electron chi connectivity index (χ2n) is 5.89. The first-order valence-corrected chi connectivity index (χ1v) is 8.09. The average molecular weight is 379 g/mol. The Hall–Kier alpha value is -3.23. The summed E-state index contributed by atoms with van der Waals surface area (Å²) in [7, 11) is 0. The van der Waals surface area contributed by atoms with Crippen LogP contribution in [0.4, 0.5) is 29.3 Å². The largest absolute Gasteiger partial charge is 0.435 e. The number of halogens is 3. The Morgan fingerprint density at radius 2 is 1.93 bits per heavy atom. The third kappa shape index (κ3) is 4.90. The first kappa shape index (κ1) is 18.6. The van der Waals surface area contributed by atoms with Crippen molar-refractivity contribution in [2.75, 3.05) is 16.8 Å². The number of rotatable bonds is 5. The van der Waals surface area contributed by atoms with Gasteiger partial charge in [-0.25, -0.2) is 9.18 Å². The van der Waals surface area contributed by atoms with E-state index in [1.165, 1.54) is 47.4 Å². The van der Waals surface area contributed by atoms with Crippen molar-refractivity contribution in [2.24, 2.45) is 0 Å². The van der Waals surface area contributed by atoms with Crippen LogP contribution in [0.1, 0.15) is 6.42 Å². The third-order valence-electron chi connectivity index (χ3n) is 3.92. The van der Waals surface area contributed by atoms with Gasteiger partial charge in [0, 0.05) is 24.3 Å². The lowest BCUT2D eigenvalue weighted by molar-refractivity contribution is -0.117. The minimum absolute atomic E-state index is 0.0249. The number of alkyl halides is 2. The fourth-order valence-corrected chi connectivity index (χ4v) is 2.77.